The van der Waals surface area contributed by atoms with Crippen LogP contribution < -0.4 is 15.6 Å². The first kappa shape index (κ1) is 18.6. The second kappa shape index (κ2) is 8.10. The minimum Gasteiger partial charge on any atom is -0.487 e. The summed E-state index contributed by atoms with van der Waals surface area (Å²) >= 11 is 1.36. The molecule has 1 fully saturated rings. The van der Waals surface area contributed by atoms with Crippen LogP contribution in [0.4, 0.5) is 5.69 Å². The van der Waals surface area contributed by atoms with Crippen molar-refractivity contribution in [3.05, 3.63) is 51.4 Å². The summed E-state index contributed by atoms with van der Waals surface area (Å²) in [5.41, 5.74) is 1.04. The van der Waals surface area contributed by atoms with Crippen LogP contribution in [-0.2, 0) is 11.4 Å². The Bertz CT molecular complexity index is 1050. The predicted octanol–water partition coefficient (Wildman–Crippen LogP) is 3.56. The van der Waals surface area contributed by atoms with Gasteiger partial charge in [-0.25, -0.2) is 4.98 Å². The van der Waals surface area contributed by atoms with Crippen molar-refractivity contribution in [2.45, 2.75) is 45.6 Å². The normalized spacial score (nSPS) is 14.9. The topological polar surface area (TPSA) is 85.6 Å². The summed E-state index contributed by atoms with van der Waals surface area (Å²) < 4.78 is 7.09. The number of amides is 1. The van der Waals surface area contributed by atoms with E-state index in [0.29, 0.717) is 16.4 Å². The summed E-state index contributed by atoms with van der Waals surface area (Å²) in [6, 6.07) is 8.73. The van der Waals surface area contributed by atoms with Crippen LogP contribution in [0.15, 0.2) is 35.1 Å². The number of carbonyl (C=O) groups excluding carboxylic acids is 1. The zero-order chi connectivity index (χ0) is 19.5. The van der Waals surface area contributed by atoms with Crippen molar-refractivity contribution in [2.75, 3.05) is 5.32 Å². The fourth-order valence-corrected chi connectivity index (χ4v) is 4.22. The Morgan fingerprint density at radius 3 is 2.93 bits per heavy atom. The number of aromatic nitrogens is 3. The maximum Gasteiger partial charge on any atom is 0.275 e. The highest BCUT2D eigenvalue weighted by Crippen LogP contribution is 2.26. The summed E-state index contributed by atoms with van der Waals surface area (Å²) in [6.45, 7) is 2.00. The molecule has 1 aromatic carbocycles. The molecule has 0 saturated heterocycles. The second-order valence-corrected chi connectivity index (χ2v) is 8.20. The lowest BCUT2D eigenvalue weighted by Gasteiger charge is -2.20. The van der Waals surface area contributed by atoms with E-state index in [9.17, 15) is 9.59 Å². The summed E-state index contributed by atoms with van der Waals surface area (Å²) in [5, 5.41) is 7.90. The summed E-state index contributed by atoms with van der Waals surface area (Å²) in [6.07, 6.45) is 5.39. The van der Waals surface area contributed by atoms with Crippen LogP contribution in [0.2, 0.25) is 0 Å². The van der Waals surface area contributed by atoms with E-state index in [4.69, 9.17) is 4.74 Å². The summed E-state index contributed by atoms with van der Waals surface area (Å²) in [5.74, 6) is 0.798. The highest BCUT2D eigenvalue weighted by Gasteiger charge is 2.21. The average molecular weight is 398 g/mol. The molecular formula is C20H22N4O3S. The van der Waals surface area contributed by atoms with Gasteiger partial charge in [0.2, 0.25) is 10.9 Å². The Balaban J connectivity index is 1.42. The Kier molecular flexibility index (Phi) is 5.38. The van der Waals surface area contributed by atoms with Gasteiger partial charge in [0.15, 0.2) is 0 Å². The largest absolute Gasteiger partial charge is 0.487 e. The van der Waals surface area contributed by atoms with Crippen molar-refractivity contribution < 1.29 is 9.53 Å². The molecular weight excluding hydrogens is 376 g/mol. The highest BCUT2D eigenvalue weighted by atomic mass is 32.1. The Labute approximate surface area is 166 Å². The van der Waals surface area contributed by atoms with Crippen molar-refractivity contribution >= 4 is 27.9 Å². The van der Waals surface area contributed by atoms with Gasteiger partial charge in [-0.05, 0) is 31.9 Å². The van der Waals surface area contributed by atoms with Crippen molar-refractivity contribution in [2.24, 2.45) is 5.92 Å². The molecule has 2 aromatic heterocycles. The van der Waals surface area contributed by atoms with Crippen LogP contribution in [-0.4, -0.2) is 20.5 Å². The lowest BCUT2D eigenvalue weighted by molar-refractivity contribution is -0.120. The number of hydrogen-bond donors (Lipinski definition) is 1. The average Bonchev–Trinajstić information content (AvgIpc) is 3.08. The SMILES string of the molecule is Cc1nn2c(=O)cc(COc3cccc(NC(=O)C4CCCCC4)c3)nc2s1. The third-order valence-corrected chi connectivity index (χ3v) is 5.69. The monoisotopic (exact) mass is 398 g/mol. The van der Waals surface area contributed by atoms with Crippen LogP contribution in [0.5, 0.6) is 5.75 Å². The molecule has 1 aliphatic carbocycles. The third kappa shape index (κ3) is 4.22. The van der Waals surface area contributed by atoms with E-state index in [1.165, 1.54) is 28.3 Å². The minimum atomic E-state index is -0.221. The fourth-order valence-electron chi connectivity index (χ4n) is 3.46. The van der Waals surface area contributed by atoms with E-state index in [1.54, 1.807) is 6.07 Å². The number of nitrogens with zero attached hydrogens (tertiary/aromatic N) is 3. The molecule has 0 aliphatic heterocycles. The third-order valence-electron chi connectivity index (χ3n) is 4.86. The van der Waals surface area contributed by atoms with Gasteiger partial charge >= 0.3 is 0 Å². The first-order chi connectivity index (χ1) is 13.6. The highest BCUT2D eigenvalue weighted by molar-refractivity contribution is 7.16. The van der Waals surface area contributed by atoms with Gasteiger partial charge in [0.05, 0.1) is 5.69 Å². The Morgan fingerprint density at radius 2 is 2.11 bits per heavy atom. The Hall–Kier alpha value is -2.74. The smallest absolute Gasteiger partial charge is 0.275 e. The Morgan fingerprint density at radius 1 is 1.29 bits per heavy atom. The molecule has 1 N–H and O–H groups in total. The number of anilines is 1. The zero-order valence-electron chi connectivity index (χ0n) is 15.7. The molecule has 1 amide bonds. The zero-order valence-corrected chi connectivity index (χ0v) is 16.5. The molecule has 3 aromatic rings. The standard InChI is InChI=1S/C20H22N4O3S/c1-13-23-24-18(25)11-16(22-20(24)28-13)12-27-17-9-5-8-15(10-17)21-19(26)14-6-3-2-4-7-14/h5,8-11,14H,2-4,6-7,12H2,1H3,(H,21,26). The summed E-state index contributed by atoms with van der Waals surface area (Å²) in [4.78, 5) is 29.5. The first-order valence-electron chi connectivity index (χ1n) is 9.48. The maximum absolute atomic E-state index is 12.4. The second-order valence-electron chi connectivity index (χ2n) is 7.04. The number of ether oxygens (including phenoxy) is 1. The quantitative estimate of drug-likeness (QED) is 0.710. The number of aryl methyl sites for hydroxylation is 1. The summed E-state index contributed by atoms with van der Waals surface area (Å²) in [7, 11) is 0. The fraction of sp³-hybridized carbons (Fsp3) is 0.400. The molecule has 146 valence electrons. The van der Waals surface area contributed by atoms with Crippen molar-refractivity contribution in [3.8, 4) is 5.75 Å². The molecule has 0 atom stereocenters. The molecule has 4 rings (SSSR count). The predicted molar refractivity (Wildman–Crippen MR) is 108 cm³/mol. The van der Waals surface area contributed by atoms with Gasteiger partial charge in [-0.15, -0.1) is 0 Å². The van der Waals surface area contributed by atoms with Crippen molar-refractivity contribution in [3.63, 3.8) is 0 Å². The molecule has 7 nitrogen and oxygen atoms in total. The van der Waals surface area contributed by atoms with E-state index in [2.05, 4.69) is 15.4 Å². The number of benzene rings is 1. The van der Waals surface area contributed by atoms with Gasteiger partial charge < -0.3 is 10.1 Å². The van der Waals surface area contributed by atoms with Crippen LogP contribution >= 0.6 is 11.3 Å². The van der Waals surface area contributed by atoms with Crippen LogP contribution in [0.3, 0.4) is 0 Å². The molecule has 0 spiro atoms. The van der Waals surface area contributed by atoms with Crippen LogP contribution in [0.25, 0.3) is 4.96 Å². The van der Waals surface area contributed by atoms with E-state index < -0.39 is 0 Å². The molecule has 1 aliphatic rings. The van der Waals surface area contributed by atoms with Gasteiger partial charge in [-0.3, -0.25) is 9.59 Å². The lowest BCUT2D eigenvalue weighted by Crippen LogP contribution is -2.24. The number of fused-ring (bicyclic) bond motifs is 1. The van der Waals surface area contributed by atoms with E-state index in [0.717, 1.165) is 36.4 Å². The minimum absolute atomic E-state index is 0.0811. The molecule has 0 unspecified atom stereocenters. The molecule has 0 bridgehead atoms. The lowest BCUT2D eigenvalue weighted by atomic mass is 9.88. The number of nitrogens with one attached hydrogen (secondary N) is 1. The van der Waals surface area contributed by atoms with E-state index in [-0.39, 0.29) is 24.0 Å². The van der Waals surface area contributed by atoms with Crippen LogP contribution in [0.1, 0.15) is 42.8 Å². The van der Waals surface area contributed by atoms with Gasteiger partial charge in [0, 0.05) is 23.7 Å². The number of hydrogen-bond acceptors (Lipinski definition) is 6. The van der Waals surface area contributed by atoms with Crippen LogP contribution in [0, 0.1) is 12.8 Å². The van der Waals surface area contributed by atoms with Gasteiger partial charge in [0.1, 0.15) is 17.4 Å². The van der Waals surface area contributed by atoms with Gasteiger partial charge in [-0.2, -0.15) is 9.61 Å². The van der Waals surface area contributed by atoms with Gasteiger partial charge in [-0.1, -0.05) is 36.7 Å². The molecule has 0 radical (unpaired) electrons. The molecule has 2 heterocycles. The molecule has 8 heteroatoms. The molecule has 28 heavy (non-hydrogen) atoms. The molecule has 1 saturated carbocycles. The van der Waals surface area contributed by atoms with E-state index in [1.807, 2.05) is 25.1 Å². The van der Waals surface area contributed by atoms with Crippen molar-refractivity contribution in [1.29, 1.82) is 0 Å². The van der Waals surface area contributed by atoms with E-state index >= 15 is 0 Å². The number of carbonyl (C=O) groups is 1. The van der Waals surface area contributed by atoms with Gasteiger partial charge in [0.25, 0.3) is 5.56 Å². The van der Waals surface area contributed by atoms with Crippen molar-refractivity contribution in [1.82, 2.24) is 14.6 Å². The maximum atomic E-state index is 12.4. The first-order valence-corrected chi connectivity index (χ1v) is 10.3. The number of rotatable bonds is 5.